The fourth-order valence-corrected chi connectivity index (χ4v) is 6.01. The fraction of sp³-hybridized carbons (Fsp3) is 0.711. The Morgan fingerprint density at radius 1 is 0.880 bits per heavy atom. The third kappa shape index (κ3) is 9.13. The van der Waals surface area contributed by atoms with Crippen molar-refractivity contribution < 1.29 is 57.8 Å². The molecule has 2 heterocycles. The Hall–Kier alpha value is -2.87. The van der Waals surface area contributed by atoms with Gasteiger partial charge in [-0.1, -0.05) is 49.4 Å². The third-order valence-corrected chi connectivity index (χ3v) is 8.19. The van der Waals surface area contributed by atoms with Gasteiger partial charge in [0, 0.05) is 13.5 Å². The predicted molar refractivity (Wildman–Crippen MR) is 184 cm³/mol. The van der Waals surface area contributed by atoms with E-state index in [1.54, 1.807) is 55.4 Å². The lowest BCUT2D eigenvalue weighted by atomic mass is 9.74. The maximum absolute atomic E-state index is 14.5. The molecule has 2 aliphatic rings. The summed E-state index contributed by atoms with van der Waals surface area (Å²) < 4.78 is 41.6. The van der Waals surface area contributed by atoms with Crippen molar-refractivity contribution in [3.8, 4) is 0 Å². The van der Waals surface area contributed by atoms with Crippen LogP contribution in [0.4, 0.5) is 0 Å². The number of allylic oxidation sites excluding steroid dienone is 2. The molecule has 50 heavy (non-hydrogen) atoms. The van der Waals surface area contributed by atoms with Crippen molar-refractivity contribution in [1.82, 2.24) is 0 Å². The lowest BCUT2D eigenvalue weighted by Crippen LogP contribution is -2.79. The number of ether oxygens (including phenoxy) is 7. The maximum atomic E-state index is 14.5. The van der Waals surface area contributed by atoms with Gasteiger partial charge in [-0.3, -0.25) is 0 Å². The van der Waals surface area contributed by atoms with Crippen LogP contribution in [0.1, 0.15) is 101 Å². The number of benzene rings is 1. The lowest BCUT2D eigenvalue weighted by Gasteiger charge is -2.51. The summed E-state index contributed by atoms with van der Waals surface area (Å²) in [6.07, 6.45) is -1.17. The highest BCUT2D eigenvalue weighted by molar-refractivity contribution is 5.99. The van der Waals surface area contributed by atoms with E-state index in [4.69, 9.17) is 33.2 Å². The molecular weight excluding hydrogens is 648 g/mol. The van der Waals surface area contributed by atoms with Crippen molar-refractivity contribution in [2.75, 3.05) is 7.11 Å². The van der Waals surface area contributed by atoms with E-state index in [1.807, 2.05) is 42.5 Å². The minimum absolute atomic E-state index is 0.0999. The SMILES string of the molecule is COC(C)(C)O[C@@H]1[C@@H](O)[C@]2(C(=O)OC(C)(C)C)O[C@@]1(CC/C=C/C(C)Cc1ccccc1)O[C@H](C(=O)OC(C)(C)C)[C@@]2(O)C(=O)OC(C)(C)C. The zero-order valence-electron chi connectivity index (χ0n) is 31.9. The summed E-state index contributed by atoms with van der Waals surface area (Å²) in [6, 6.07) is 10.0. The number of esters is 3. The van der Waals surface area contributed by atoms with Gasteiger partial charge in [-0.05, 0) is 100 Å². The highest BCUT2D eigenvalue weighted by Gasteiger charge is 2.86. The van der Waals surface area contributed by atoms with Crippen molar-refractivity contribution in [2.24, 2.45) is 5.92 Å². The monoisotopic (exact) mass is 706 g/mol. The molecule has 2 aliphatic heterocycles. The summed E-state index contributed by atoms with van der Waals surface area (Å²) in [4.78, 5) is 42.8. The van der Waals surface area contributed by atoms with Gasteiger partial charge in [-0.15, -0.1) is 0 Å². The molecule has 2 fully saturated rings. The Kier molecular flexibility index (Phi) is 12.2. The number of aliphatic hydroxyl groups excluding tert-OH is 1. The lowest BCUT2D eigenvalue weighted by molar-refractivity contribution is -0.387. The molecule has 2 saturated heterocycles. The summed E-state index contributed by atoms with van der Waals surface area (Å²) in [5.74, 6) is -7.39. The first-order valence-electron chi connectivity index (χ1n) is 17.1. The van der Waals surface area contributed by atoms with Crippen LogP contribution in [0.25, 0.3) is 0 Å². The molecule has 0 saturated carbocycles. The highest BCUT2D eigenvalue weighted by Crippen LogP contribution is 2.57. The first kappa shape index (κ1) is 41.5. The number of fused-ring (bicyclic) bond motifs is 2. The van der Waals surface area contributed by atoms with Gasteiger partial charge in [0.2, 0.25) is 23.1 Å². The van der Waals surface area contributed by atoms with E-state index in [0.717, 1.165) is 6.42 Å². The van der Waals surface area contributed by atoms with Crippen LogP contribution in [0.3, 0.4) is 0 Å². The standard InChI is InChI=1S/C38H58O12/c1-24(23-25-20-15-14-16-21-25)19-17-18-22-36-27(45-35(11,12)44-13)26(39)38(50-36,31(42)49-34(8,9)10)37(43,30(41)48-33(5,6)7)28(46-36)29(40)47-32(2,3)4/h14-17,19-21,24,26-28,39,43H,18,22-23H2,1-13H3/b19-17+/t24?,26-,27-,28-,36-,37-,38-/m1/s1. The van der Waals surface area contributed by atoms with E-state index in [0.29, 0.717) is 0 Å². The van der Waals surface area contributed by atoms with Gasteiger partial charge in [0.15, 0.2) is 5.79 Å². The number of rotatable bonds is 12. The second-order valence-corrected chi connectivity index (χ2v) is 16.7. The molecule has 12 nitrogen and oxygen atoms in total. The molecule has 0 aromatic heterocycles. The smallest absolute Gasteiger partial charge is 0.346 e. The molecule has 282 valence electrons. The number of carbonyl (C=O) groups is 3. The number of hydrogen-bond acceptors (Lipinski definition) is 12. The van der Waals surface area contributed by atoms with Gasteiger partial charge in [-0.25, -0.2) is 14.4 Å². The van der Waals surface area contributed by atoms with Gasteiger partial charge in [0.25, 0.3) is 0 Å². The summed E-state index contributed by atoms with van der Waals surface area (Å²) in [6.45, 7) is 19.3. The third-order valence-electron chi connectivity index (χ3n) is 8.19. The van der Waals surface area contributed by atoms with Crippen LogP contribution in [0, 0.1) is 5.92 Å². The summed E-state index contributed by atoms with van der Waals surface area (Å²) in [5, 5.41) is 25.0. The molecule has 0 aliphatic carbocycles. The van der Waals surface area contributed by atoms with E-state index in [9.17, 15) is 24.6 Å². The van der Waals surface area contributed by atoms with Gasteiger partial charge in [0.05, 0.1) is 0 Å². The first-order valence-corrected chi connectivity index (χ1v) is 17.1. The van der Waals surface area contributed by atoms with Crippen molar-refractivity contribution in [3.05, 3.63) is 48.0 Å². The fourth-order valence-electron chi connectivity index (χ4n) is 6.01. The largest absolute Gasteiger partial charge is 0.458 e. The summed E-state index contributed by atoms with van der Waals surface area (Å²) in [7, 11) is 1.38. The second-order valence-electron chi connectivity index (χ2n) is 16.7. The Morgan fingerprint density at radius 2 is 1.42 bits per heavy atom. The number of hydrogen-bond donors (Lipinski definition) is 2. The van der Waals surface area contributed by atoms with E-state index < -0.39 is 75.8 Å². The van der Waals surface area contributed by atoms with Crippen molar-refractivity contribution in [1.29, 1.82) is 0 Å². The zero-order valence-corrected chi connectivity index (χ0v) is 31.9. The average Bonchev–Trinajstić information content (AvgIpc) is 3.16. The van der Waals surface area contributed by atoms with Crippen LogP contribution in [0.15, 0.2) is 42.5 Å². The molecule has 0 radical (unpaired) electrons. The van der Waals surface area contributed by atoms with Crippen LogP contribution >= 0.6 is 0 Å². The molecule has 2 bridgehead atoms. The second kappa shape index (κ2) is 14.6. The molecular formula is C38H58O12. The van der Waals surface area contributed by atoms with Crippen LogP contribution < -0.4 is 0 Å². The molecule has 12 heteroatoms. The Labute approximate surface area is 296 Å². The van der Waals surface area contributed by atoms with E-state index in [2.05, 4.69) is 6.92 Å². The van der Waals surface area contributed by atoms with Gasteiger partial charge < -0.3 is 43.4 Å². The number of methoxy groups -OCH3 is 1. The van der Waals surface area contributed by atoms with E-state index in [-0.39, 0.29) is 18.8 Å². The Balaban J connectivity index is 2.25. The zero-order chi connectivity index (χ0) is 38.1. The molecule has 3 rings (SSSR count). The van der Waals surface area contributed by atoms with Gasteiger partial charge in [-0.2, -0.15) is 0 Å². The molecule has 1 aromatic carbocycles. The first-order chi connectivity index (χ1) is 22.7. The Bertz CT molecular complexity index is 1380. The van der Waals surface area contributed by atoms with Crippen LogP contribution in [-0.2, 0) is 54.0 Å². The summed E-state index contributed by atoms with van der Waals surface area (Å²) >= 11 is 0. The van der Waals surface area contributed by atoms with E-state index in [1.165, 1.54) is 33.4 Å². The van der Waals surface area contributed by atoms with Gasteiger partial charge in [0.1, 0.15) is 29.0 Å². The van der Waals surface area contributed by atoms with E-state index >= 15 is 0 Å². The van der Waals surface area contributed by atoms with Crippen LogP contribution in [0.2, 0.25) is 0 Å². The quantitative estimate of drug-likeness (QED) is 0.131. The van der Waals surface area contributed by atoms with Crippen LogP contribution in [-0.4, -0.2) is 93.1 Å². The van der Waals surface area contributed by atoms with Gasteiger partial charge >= 0.3 is 17.9 Å². The normalized spacial score (nSPS) is 29.5. The molecule has 2 N–H and O–H groups in total. The minimum Gasteiger partial charge on any atom is -0.458 e. The number of aliphatic hydroxyl groups is 2. The topological polar surface area (TPSA) is 156 Å². The van der Waals surface area contributed by atoms with Crippen molar-refractivity contribution in [3.63, 3.8) is 0 Å². The molecule has 7 atom stereocenters. The van der Waals surface area contributed by atoms with Crippen LogP contribution in [0.5, 0.6) is 0 Å². The minimum atomic E-state index is -3.33. The predicted octanol–water partition coefficient (Wildman–Crippen LogP) is 4.95. The molecule has 0 spiro atoms. The molecule has 0 amide bonds. The molecule has 1 unspecified atom stereocenters. The van der Waals surface area contributed by atoms with Crippen molar-refractivity contribution in [2.45, 2.75) is 160 Å². The molecule has 1 aromatic rings. The maximum Gasteiger partial charge on any atom is 0.346 e. The number of carbonyl (C=O) groups excluding carboxylic acids is 3. The highest BCUT2D eigenvalue weighted by atomic mass is 16.8. The summed E-state index contributed by atoms with van der Waals surface area (Å²) in [5.41, 5.74) is -8.71. The van der Waals surface area contributed by atoms with Crippen molar-refractivity contribution >= 4 is 17.9 Å². The Morgan fingerprint density at radius 3 is 1.94 bits per heavy atom. The average molecular weight is 707 g/mol.